The number of nitrogens with zero attached hydrogens (tertiary/aromatic N) is 1. The predicted octanol–water partition coefficient (Wildman–Crippen LogP) is 3.12. The van der Waals surface area contributed by atoms with E-state index in [-0.39, 0.29) is 11.6 Å². The fraction of sp³-hybridized carbons (Fsp3) is 0.667. The molecule has 0 aliphatic heterocycles. The molecule has 1 aromatic heterocycles. The fourth-order valence-electron chi connectivity index (χ4n) is 1.76. The monoisotopic (exact) mass is 219 g/mol. The summed E-state index contributed by atoms with van der Waals surface area (Å²) in [6.07, 6.45) is 2.13. The smallest absolute Gasteiger partial charge is 0.197 e. The Kier molecular flexibility index (Phi) is 2.34. The second-order valence-corrected chi connectivity index (χ2v) is 4.62. The van der Waals surface area contributed by atoms with Crippen LogP contribution in [-0.2, 0) is 0 Å². The summed E-state index contributed by atoms with van der Waals surface area (Å²) >= 11 is 0. The van der Waals surface area contributed by atoms with Gasteiger partial charge in [0, 0.05) is 5.92 Å². The molecule has 0 spiro atoms. The molecule has 0 N–H and O–H groups in total. The van der Waals surface area contributed by atoms with Gasteiger partial charge in [-0.1, -0.05) is 9.24 Å². The van der Waals surface area contributed by atoms with Gasteiger partial charge in [-0.05, 0) is 19.8 Å². The van der Waals surface area contributed by atoms with Gasteiger partial charge in [0.2, 0.25) is 0 Å². The van der Waals surface area contributed by atoms with Gasteiger partial charge in [0.05, 0.1) is 0 Å². The molecular formula is C9H12F2NOP. The van der Waals surface area contributed by atoms with Crippen LogP contribution in [0.1, 0.15) is 43.2 Å². The van der Waals surface area contributed by atoms with E-state index in [9.17, 15) is 8.78 Å². The van der Waals surface area contributed by atoms with Crippen LogP contribution < -0.4 is 0 Å². The average molecular weight is 219 g/mol. The molecule has 2 unspecified atom stereocenters. The van der Waals surface area contributed by atoms with E-state index in [1.807, 2.05) is 9.24 Å². The van der Waals surface area contributed by atoms with Gasteiger partial charge in [0.1, 0.15) is 17.6 Å². The molecule has 2 atom stereocenters. The predicted molar refractivity (Wildman–Crippen MR) is 51.6 cm³/mol. The lowest BCUT2D eigenvalue weighted by molar-refractivity contribution is 0.0507. The highest BCUT2D eigenvalue weighted by Crippen LogP contribution is 2.46. The maximum Gasteiger partial charge on any atom is 0.197 e. The van der Waals surface area contributed by atoms with Crippen molar-refractivity contribution in [3.05, 3.63) is 17.8 Å². The fourth-order valence-corrected chi connectivity index (χ4v) is 1.91. The van der Waals surface area contributed by atoms with E-state index in [2.05, 4.69) is 4.98 Å². The first-order valence-electron chi connectivity index (χ1n) is 4.52. The molecule has 14 heavy (non-hydrogen) atoms. The standard InChI is InChI=1S/C9H12F2NOP/c1-9(11)2-5(3-9)8-12-6(4-13-8)7(10)14/h4-5,7H,2-3,14H2,1H3. The van der Waals surface area contributed by atoms with Crippen LogP contribution in [0.25, 0.3) is 0 Å². The minimum atomic E-state index is -1.20. The third-order valence-electron chi connectivity index (χ3n) is 2.52. The van der Waals surface area contributed by atoms with E-state index in [0.717, 1.165) is 0 Å². The van der Waals surface area contributed by atoms with E-state index in [4.69, 9.17) is 4.42 Å². The Hall–Kier alpha value is -0.500. The van der Waals surface area contributed by atoms with Crippen LogP contribution in [0.2, 0.25) is 0 Å². The van der Waals surface area contributed by atoms with Crippen molar-refractivity contribution in [2.24, 2.45) is 0 Å². The van der Waals surface area contributed by atoms with Crippen molar-refractivity contribution in [3.63, 3.8) is 0 Å². The summed E-state index contributed by atoms with van der Waals surface area (Å²) in [5, 5.41) is 0. The highest BCUT2D eigenvalue weighted by atomic mass is 31.0. The summed E-state index contributed by atoms with van der Waals surface area (Å²) in [5.41, 5.74) is -0.840. The topological polar surface area (TPSA) is 26.0 Å². The molecule has 78 valence electrons. The summed E-state index contributed by atoms with van der Waals surface area (Å²) < 4.78 is 31.0. The molecule has 1 aromatic rings. The van der Waals surface area contributed by atoms with Crippen molar-refractivity contribution >= 4 is 9.24 Å². The molecule has 0 bridgehead atoms. The van der Waals surface area contributed by atoms with Crippen molar-refractivity contribution < 1.29 is 13.2 Å². The van der Waals surface area contributed by atoms with Gasteiger partial charge in [-0.3, -0.25) is 0 Å². The maximum absolute atomic E-state index is 13.2. The van der Waals surface area contributed by atoms with Gasteiger partial charge in [-0.25, -0.2) is 13.8 Å². The molecule has 1 aliphatic rings. The lowest BCUT2D eigenvalue weighted by atomic mass is 9.73. The molecule has 1 saturated carbocycles. The van der Waals surface area contributed by atoms with E-state index in [1.54, 1.807) is 6.92 Å². The Labute approximate surface area is 83.3 Å². The van der Waals surface area contributed by atoms with Crippen molar-refractivity contribution in [3.8, 4) is 0 Å². The van der Waals surface area contributed by atoms with Crippen LogP contribution in [0.15, 0.2) is 10.7 Å². The number of alkyl halides is 2. The van der Waals surface area contributed by atoms with Gasteiger partial charge in [-0.15, -0.1) is 0 Å². The number of halogens is 2. The Balaban J connectivity index is 2.05. The molecule has 1 fully saturated rings. The van der Waals surface area contributed by atoms with Crippen molar-refractivity contribution in [1.82, 2.24) is 4.98 Å². The van der Waals surface area contributed by atoms with E-state index in [0.29, 0.717) is 18.7 Å². The van der Waals surface area contributed by atoms with Crippen molar-refractivity contribution in [2.75, 3.05) is 0 Å². The van der Waals surface area contributed by atoms with Crippen LogP contribution in [0.5, 0.6) is 0 Å². The average Bonchev–Trinajstić information content (AvgIpc) is 2.47. The Morgan fingerprint density at radius 1 is 1.71 bits per heavy atom. The molecular weight excluding hydrogens is 207 g/mol. The number of aromatic nitrogens is 1. The SMILES string of the molecule is CC1(F)CC(c2nc(C(F)P)co2)C1. The Bertz CT molecular complexity index is 329. The Morgan fingerprint density at radius 2 is 2.36 bits per heavy atom. The van der Waals surface area contributed by atoms with E-state index < -0.39 is 11.6 Å². The van der Waals surface area contributed by atoms with E-state index >= 15 is 0 Å². The summed E-state index contributed by atoms with van der Waals surface area (Å²) in [6, 6.07) is 0. The second-order valence-electron chi connectivity index (χ2n) is 4.03. The minimum Gasteiger partial charge on any atom is -0.448 e. The zero-order valence-electron chi connectivity index (χ0n) is 7.84. The zero-order chi connectivity index (χ0) is 10.3. The zero-order valence-corrected chi connectivity index (χ0v) is 8.99. The normalized spacial score (nSPS) is 33.9. The number of oxazole rings is 1. The molecule has 0 aromatic carbocycles. The van der Waals surface area contributed by atoms with Crippen molar-refractivity contribution in [2.45, 2.75) is 37.3 Å². The molecule has 5 heteroatoms. The van der Waals surface area contributed by atoms with Gasteiger partial charge in [0.25, 0.3) is 0 Å². The first-order chi connectivity index (χ1) is 6.48. The van der Waals surface area contributed by atoms with Gasteiger partial charge < -0.3 is 4.42 Å². The molecule has 1 aliphatic carbocycles. The summed E-state index contributed by atoms with van der Waals surface area (Å²) in [5.74, 6) is -0.730. The third kappa shape index (κ3) is 1.81. The molecule has 2 nitrogen and oxygen atoms in total. The first kappa shape index (κ1) is 10.0. The van der Waals surface area contributed by atoms with Crippen LogP contribution in [-0.4, -0.2) is 10.7 Å². The van der Waals surface area contributed by atoms with Gasteiger partial charge >= 0.3 is 0 Å². The molecule has 0 saturated heterocycles. The molecule has 0 amide bonds. The number of hydrogen-bond acceptors (Lipinski definition) is 2. The van der Waals surface area contributed by atoms with Crippen LogP contribution >= 0.6 is 9.24 Å². The lowest BCUT2D eigenvalue weighted by Gasteiger charge is -2.36. The largest absolute Gasteiger partial charge is 0.448 e. The first-order valence-corrected chi connectivity index (χ1v) is 5.18. The molecule has 0 radical (unpaired) electrons. The minimum absolute atomic E-state index is 0.0162. The van der Waals surface area contributed by atoms with Crippen LogP contribution in [0.4, 0.5) is 8.78 Å². The number of rotatable bonds is 2. The van der Waals surface area contributed by atoms with E-state index in [1.165, 1.54) is 6.26 Å². The lowest BCUT2D eigenvalue weighted by Crippen LogP contribution is -2.35. The summed E-state index contributed by atoms with van der Waals surface area (Å²) in [7, 11) is 2.00. The quantitative estimate of drug-likeness (QED) is 0.714. The third-order valence-corrected chi connectivity index (χ3v) is 2.86. The summed E-state index contributed by atoms with van der Waals surface area (Å²) in [6.45, 7) is 1.56. The van der Waals surface area contributed by atoms with Crippen LogP contribution in [0.3, 0.4) is 0 Å². The highest BCUT2D eigenvalue weighted by molar-refractivity contribution is 7.16. The van der Waals surface area contributed by atoms with Gasteiger partial charge in [0.15, 0.2) is 11.8 Å². The van der Waals surface area contributed by atoms with Crippen LogP contribution in [0, 0.1) is 0 Å². The van der Waals surface area contributed by atoms with Crippen molar-refractivity contribution in [1.29, 1.82) is 0 Å². The molecule has 1 heterocycles. The molecule has 2 rings (SSSR count). The second kappa shape index (κ2) is 3.27. The number of hydrogen-bond donors (Lipinski definition) is 0. The maximum atomic E-state index is 13.2. The summed E-state index contributed by atoms with van der Waals surface area (Å²) in [4.78, 5) is 3.97. The van der Waals surface area contributed by atoms with Gasteiger partial charge in [-0.2, -0.15) is 0 Å². The highest BCUT2D eigenvalue weighted by Gasteiger charge is 2.43. The Morgan fingerprint density at radius 3 is 2.79 bits per heavy atom.